The maximum Gasteiger partial charge on any atom is 0.320 e. The summed E-state index contributed by atoms with van der Waals surface area (Å²) in [6.07, 6.45) is 0. The van der Waals surface area contributed by atoms with Crippen molar-refractivity contribution in [3.05, 3.63) is 19.8 Å². The minimum atomic E-state index is -0.822. The van der Waals surface area contributed by atoms with Gasteiger partial charge in [-0.05, 0) is 27.9 Å². The standard InChI is InChI=1S/C10H13BrClNO2S/c1-5(2)8(10(14)15)13-4-6-3-7(11)9(12)16-6/h3,5,8,13H,4H2,1-2H3,(H,14,15)/t8-/m0/s1. The molecule has 16 heavy (non-hydrogen) atoms. The van der Waals surface area contributed by atoms with Gasteiger partial charge in [0.05, 0.1) is 0 Å². The molecular formula is C10H13BrClNO2S. The lowest BCUT2D eigenvalue weighted by molar-refractivity contribution is -0.140. The van der Waals surface area contributed by atoms with Gasteiger partial charge in [-0.15, -0.1) is 11.3 Å². The summed E-state index contributed by atoms with van der Waals surface area (Å²) in [5.74, 6) is -0.770. The summed E-state index contributed by atoms with van der Waals surface area (Å²) in [6.45, 7) is 4.28. The average molecular weight is 327 g/mol. The first-order chi connectivity index (χ1) is 7.41. The maximum atomic E-state index is 10.9. The van der Waals surface area contributed by atoms with Crippen LogP contribution in [0.4, 0.5) is 0 Å². The van der Waals surface area contributed by atoms with E-state index < -0.39 is 12.0 Å². The number of carboxylic acid groups (broad SMARTS) is 1. The van der Waals surface area contributed by atoms with Crippen molar-refractivity contribution >= 4 is 44.8 Å². The molecule has 0 saturated carbocycles. The molecule has 0 fully saturated rings. The number of carbonyl (C=O) groups is 1. The smallest absolute Gasteiger partial charge is 0.320 e. The Kier molecular flexibility index (Phi) is 5.24. The predicted octanol–water partition coefficient (Wildman–Crippen LogP) is 3.36. The number of nitrogens with one attached hydrogen (secondary N) is 1. The highest BCUT2D eigenvalue weighted by Crippen LogP contribution is 2.31. The SMILES string of the molecule is CC(C)[C@H](NCc1cc(Br)c(Cl)s1)C(=O)O. The first-order valence-electron chi connectivity index (χ1n) is 4.81. The van der Waals surface area contributed by atoms with Crippen molar-refractivity contribution in [1.29, 1.82) is 0 Å². The molecule has 0 aliphatic heterocycles. The summed E-state index contributed by atoms with van der Waals surface area (Å²) in [4.78, 5) is 12.0. The van der Waals surface area contributed by atoms with Crippen LogP contribution in [0.3, 0.4) is 0 Å². The molecule has 0 bridgehead atoms. The van der Waals surface area contributed by atoms with Gasteiger partial charge in [0, 0.05) is 15.9 Å². The van der Waals surface area contributed by atoms with Crippen molar-refractivity contribution in [3.63, 3.8) is 0 Å². The van der Waals surface area contributed by atoms with E-state index in [1.165, 1.54) is 11.3 Å². The third-order valence-electron chi connectivity index (χ3n) is 2.13. The number of carboxylic acids is 1. The van der Waals surface area contributed by atoms with Crippen LogP contribution in [-0.2, 0) is 11.3 Å². The molecule has 6 heteroatoms. The molecule has 1 atom stereocenters. The Morgan fingerprint density at radius 2 is 2.31 bits per heavy atom. The van der Waals surface area contributed by atoms with Gasteiger partial charge < -0.3 is 5.11 Å². The lowest BCUT2D eigenvalue weighted by atomic mass is 10.1. The van der Waals surface area contributed by atoms with Crippen LogP contribution in [0.25, 0.3) is 0 Å². The van der Waals surface area contributed by atoms with Crippen molar-refractivity contribution in [1.82, 2.24) is 5.32 Å². The third kappa shape index (κ3) is 3.73. The molecule has 0 amide bonds. The van der Waals surface area contributed by atoms with E-state index in [1.54, 1.807) is 0 Å². The van der Waals surface area contributed by atoms with E-state index in [0.29, 0.717) is 10.9 Å². The van der Waals surface area contributed by atoms with Crippen LogP contribution in [0.5, 0.6) is 0 Å². The summed E-state index contributed by atoms with van der Waals surface area (Å²) < 4.78 is 1.54. The van der Waals surface area contributed by atoms with Gasteiger partial charge in [0.15, 0.2) is 0 Å². The predicted molar refractivity (Wildman–Crippen MR) is 70.1 cm³/mol. The number of hydrogen-bond donors (Lipinski definition) is 2. The average Bonchev–Trinajstić information content (AvgIpc) is 2.45. The minimum Gasteiger partial charge on any atom is -0.480 e. The number of halogens is 2. The van der Waals surface area contributed by atoms with Crippen LogP contribution in [0, 0.1) is 5.92 Å². The van der Waals surface area contributed by atoms with Crippen molar-refractivity contribution in [2.45, 2.75) is 26.4 Å². The van der Waals surface area contributed by atoms with Crippen molar-refractivity contribution in [3.8, 4) is 0 Å². The normalized spacial score (nSPS) is 13.1. The summed E-state index contributed by atoms with van der Waals surface area (Å²) >= 11 is 10.7. The molecule has 3 nitrogen and oxygen atoms in total. The Balaban J connectivity index is 2.59. The molecule has 0 aliphatic rings. The van der Waals surface area contributed by atoms with E-state index in [-0.39, 0.29) is 5.92 Å². The largest absolute Gasteiger partial charge is 0.480 e. The van der Waals surface area contributed by atoms with Gasteiger partial charge in [0.1, 0.15) is 10.4 Å². The summed E-state index contributed by atoms with van der Waals surface area (Å²) in [5.41, 5.74) is 0. The quantitative estimate of drug-likeness (QED) is 0.872. The highest BCUT2D eigenvalue weighted by atomic mass is 79.9. The van der Waals surface area contributed by atoms with Crippen LogP contribution in [-0.4, -0.2) is 17.1 Å². The van der Waals surface area contributed by atoms with E-state index in [2.05, 4.69) is 21.2 Å². The molecule has 1 rings (SSSR count). The van der Waals surface area contributed by atoms with Crippen LogP contribution >= 0.6 is 38.9 Å². The number of hydrogen-bond acceptors (Lipinski definition) is 3. The van der Waals surface area contributed by atoms with Crippen molar-refractivity contribution < 1.29 is 9.90 Å². The molecule has 1 heterocycles. The van der Waals surface area contributed by atoms with Crippen LogP contribution in [0.1, 0.15) is 18.7 Å². The van der Waals surface area contributed by atoms with E-state index in [4.69, 9.17) is 16.7 Å². The van der Waals surface area contributed by atoms with E-state index in [9.17, 15) is 4.79 Å². The first-order valence-corrected chi connectivity index (χ1v) is 6.80. The van der Waals surface area contributed by atoms with Gasteiger partial charge in [-0.3, -0.25) is 10.1 Å². The fourth-order valence-corrected chi connectivity index (χ4v) is 3.04. The Morgan fingerprint density at radius 3 is 2.69 bits per heavy atom. The van der Waals surface area contributed by atoms with Crippen LogP contribution < -0.4 is 5.32 Å². The molecule has 0 aliphatic carbocycles. The zero-order chi connectivity index (χ0) is 12.3. The molecule has 90 valence electrons. The maximum absolute atomic E-state index is 10.9. The van der Waals surface area contributed by atoms with E-state index >= 15 is 0 Å². The second-order valence-corrected chi connectivity index (χ2v) is 6.37. The summed E-state index contributed by atoms with van der Waals surface area (Å²) in [5, 5.41) is 12.0. The molecule has 0 saturated heterocycles. The third-order valence-corrected chi connectivity index (χ3v) is 4.60. The van der Waals surface area contributed by atoms with Gasteiger partial charge in [-0.1, -0.05) is 25.4 Å². The van der Waals surface area contributed by atoms with Gasteiger partial charge >= 0.3 is 5.97 Å². The van der Waals surface area contributed by atoms with Crippen LogP contribution in [0.15, 0.2) is 10.5 Å². The zero-order valence-corrected chi connectivity index (χ0v) is 12.1. The molecule has 0 radical (unpaired) electrons. The molecule has 0 unspecified atom stereocenters. The molecule has 0 spiro atoms. The van der Waals surface area contributed by atoms with E-state index in [1.807, 2.05) is 19.9 Å². The fourth-order valence-electron chi connectivity index (χ4n) is 1.30. The Bertz CT molecular complexity index is 361. The summed E-state index contributed by atoms with van der Waals surface area (Å²) in [6, 6.07) is 1.37. The van der Waals surface area contributed by atoms with Gasteiger partial charge in [-0.2, -0.15) is 0 Å². The fraction of sp³-hybridized carbons (Fsp3) is 0.500. The molecule has 1 aromatic rings. The molecular weight excluding hydrogens is 314 g/mol. The lowest BCUT2D eigenvalue weighted by Crippen LogP contribution is -2.40. The van der Waals surface area contributed by atoms with Crippen molar-refractivity contribution in [2.75, 3.05) is 0 Å². The Hall–Kier alpha value is -0.100. The zero-order valence-electron chi connectivity index (χ0n) is 8.96. The van der Waals surface area contributed by atoms with Gasteiger partial charge in [0.25, 0.3) is 0 Å². The Labute approximate surface area is 112 Å². The first kappa shape index (κ1) is 14.0. The highest BCUT2D eigenvalue weighted by molar-refractivity contribution is 9.10. The van der Waals surface area contributed by atoms with Crippen LogP contribution in [0.2, 0.25) is 4.34 Å². The second-order valence-electron chi connectivity index (χ2n) is 3.78. The molecule has 1 aromatic heterocycles. The minimum absolute atomic E-state index is 0.0522. The lowest BCUT2D eigenvalue weighted by Gasteiger charge is -2.17. The second kappa shape index (κ2) is 6.00. The number of thiophene rings is 1. The molecule has 0 aromatic carbocycles. The highest BCUT2D eigenvalue weighted by Gasteiger charge is 2.20. The monoisotopic (exact) mass is 325 g/mol. The molecule has 2 N–H and O–H groups in total. The van der Waals surface area contributed by atoms with Crippen molar-refractivity contribution in [2.24, 2.45) is 5.92 Å². The van der Waals surface area contributed by atoms with E-state index in [0.717, 1.165) is 9.35 Å². The number of rotatable bonds is 5. The Morgan fingerprint density at radius 1 is 1.69 bits per heavy atom. The number of aliphatic carboxylic acids is 1. The summed E-state index contributed by atoms with van der Waals surface area (Å²) in [7, 11) is 0. The topological polar surface area (TPSA) is 49.3 Å². The van der Waals surface area contributed by atoms with Gasteiger partial charge in [-0.25, -0.2) is 0 Å². The van der Waals surface area contributed by atoms with Gasteiger partial charge in [0.2, 0.25) is 0 Å².